The molecule has 0 aromatic heterocycles. The van der Waals surface area contributed by atoms with Crippen LogP contribution in [0.2, 0.25) is 0 Å². The van der Waals surface area contributed by atoms with Crippen molar-refractivity contribution in [2.24, 2.45) is 5.92 Å². The Hall–Kier alpha value is -3.14. The van der Waals surface area contributed by atoms with Crippen LogP contribution in [0.4, 0.5) is 4.39 Å². The summed E-state index contributed by atoms with van der Waals surface area (Å²) in [6, 6.07) is 17.3. The topological polar surface area (TPSA) is 46.5 Å². The van der Waals surface area contributed by atoms with Gasteiger partial charge in [0.25, 0.3) is 0 Å². The maximum Gasteiger partial charge on any atom is 0.307 e. The van der Waals surface area contributed by atoms with Crippen LogP contribution in [0.25, 0.3) is 11.1 Å². The predicted molar refractivity (Wildman–Crippen MR) is 118 cm³/mol. The van der Waals surface area contributed by atoms with Gasteiger partial charge in [0.2, 0.25) is 0 Å². The van der Waals surface area contributed by atoms with Crippen LogP contribution in [0.5, 0.6) is 5.75 Å². The summed E-state index contributed by atoms with van der Waals surface area (Å²) >= 11 is 0. The van der Waals surface area contributed by atoms with Crippen molar-refractivity contribution in [3.63, 3.8) is 0 Å². The molecule has 5 rings (SSSR count). The first-order valence-corrected chi connectivity index (χ1v) is 10.8. The standard InChI is InChI=1S/C27H25FO3/c1-15-4-3-5-16(2)25(15)19-10-12-23(28)26-20(19)11-13-24(26)31-18-8-6-17(7-9-18)21-14-22(21)27(29)30/h3-10,12,21-22,24H,11,13-14H2,1-2H3,(H,29,30)/t21?,22-,24?/m0/s1. The third kappa shape index (κ3) is 3.50. The number of aliphatic carboxylic acids is 1. The normalized spacial score (nSPS) is 21.6. The van der Waals surface area contributed by atoms with E-state index in [1.807, 2.05) is 36.4 Å². The number of fused-ring (bicyclic) bond motifs is 1. The van der Waals surface area contributed by atoms with E-state index < -0.39 is 5.97 Å². The minimum Gasteiger partial charge on any atom is -0.486 e. The number of aryl methyl sites for hydroxylation is 2. The highest BCUT2D eigenvalue weighted by molar-refractivity contribution is 5.76. The Bertz CT molecular complexity index is 1150. The van der Waals surface area contributed by atoms with Crippen LogP contribution in [0.3, 0.4) is 0 Å². The first-order valence-electron chi connectivity index (χ1n) is 10.8. The third-order valence-electron chi connectivity index (χ3n) is 6.73. The molecule has 2 aliphatic carbocycles. The number of hydrogen-bond donors (Lipinski definition) is 1. The number of hydrogen-bond acceptors (Lipinski definition) is 2. The molecule has 0 heterocycles. The fourth-order valence-electron chi connectivity index (χ4n) is 5.06. The zero-order valence-corrected chi connectivity index (χ0v) is 17.7. The molecule has 3 nitrogen and oxygen atoms in total. The number of ether oxygens (including phenoxy) is 1. The van der Waals surface area contributed by atoms with Gasteiger partial charge in [-0.2, -0.15) is 0 Å². The first-order chi connectivity index (χ1) is 14.9. The van der Waals surface area contributed by atoms with Crippen molar-refractivity contribution in [1.82, 2.24) is 0 Å². The summed E-state index contributed by atoms with van der Waals surface area (Å²) in [6.07, 6.45) is 1.89. The van der Waals surface area contributed by atoms with Gasteiger partial charge in [0.1, 0.15) is 17.7 Å². The van der Waals surface area contributed by atoms with Crippen molar-refractivity contribution in [2.75, 3.05) is 0 Å². The van der Waals surface area contributed by atoms with E-state index in [0.29, 0.717) is 17.7 Å². The predicted octanol–water partition coefficient (Wildman–Crippen LogP) is 6.36. The molecule has 3 atom stereocenters. The number of halogens is 1. The molecule has 2 unspecified atom stereocenters. The molecule has 0 radical (unpaired) electrons. The SMILES string of the molecule is Cc1cccc(C)c1-c1ccc(F)c2c1CCC2Oc1ccc(C2C[C@@H]2C(=O)O)cc1. The molecule has 1 fully saturated rings. The zero-order valence-electron chi connectivity index (χ0n) is 17.7. The van der Waals surface area contributed by atoms with E-state index in [4.69, 9.17) is 9.84 Å². The molecule has 0 aliphatic heterocycles. The van der Waals surface area contributed by atoms with Crippen LogP contribution >= 0.6 is 0 Å². The van der Waals surface area contributed by atoms with Crippen molar-refractivity contribution in [2.45, 2.75) is 45.1 Å². The smallest absolute Gasteiger partial charge is 0.307 e. The van der Waals surface area contributed by atoms with Gasteiger partial charge in [-0.3, -0.25) is 4.79 Å². The van der Waals surface area contributed by atoms with Crippen molar-refractivity contribution >= 4 is 5.97 Å². The second-order valence-corrected chi connectivity index (χ2v) is 8.76. The van der Waals surface area contributed by atoms with E-state index in [1.54, 1.807) is 6.07 Å². The molecule has 0 amide bonds. The minimum atomic E-state index is -0.733. The highest BCUT2D eigenvalue weighted by atomic mass is 19.1. The molecule has 0 bridgehead atoms. The fraction of sp³-hybridized carbons (Fsp3) is 0.296. The Kier molecular flexibility index (Phi) is 4.81. The highest BCUT2D eigenvalue weighted by Crippen LogP contribution is 2.48. The molecule has 1 saturated carbocycles. The van der Waals surface area contributed by atoms with Gasteiger partial charge in [0, 0.05) is 5.56 Å². The first kappa shape index (κ1) is 19.8. The number of carbonyl (C=O) groups is 1. The Morgan fingerprint density at radius 1 is 1.03 bits per heavy atom. The summed E-state index contributed by atoms with van der Waals surface area (Å²) < 4.78 is 21.1. The van der Waals surface area contributed by atoms with Crippen LogP contribution in [0.15, 0.2) is 54.6 Å². The molecule has 3 aromatic carbocycles. The number of rotatable bonds is 5. The quantitative estimate of drug-likeness (QED) is 0.526. The van der Waals surface area contributed by atoms with Crippen LogP contribution in [-0.4, -0.2) is 11.1 Å². The van der Waals surface area contributed by atoms with E-state index in [-0.39, 0.29) is 23.8 Å². The lowest BCUT2D eigenvalue weighted by Crippen LogP contribution is -2.06. The van der Waals surface area contributed by atoms with Crippen molar-refractivity contribution < 1.29 is 19.0 Å². The van der Waals surface area contributed by atoms with E-state index in [0.717, 1.165) is 29.5 Å². The highest BCUT2D eigenvalue weighted by Gasteiger charge is 2.44. The van der Waals surface area contributed by atoms with Crippen molar-refractivity contribution in [3.8, 4) is 16.9 Å². The summed E-state index contributed by atoms with van der Waals surface area (Å²) in [5, 5.41) is 9.13. The molecule has 3 aromatic rings. The van der Waals surface area contributed by atoms with Gasteiger partial charge in [-0.1, -0.05) is 36.4 Å². The van der Waals surface area contributed by atoms with Gasteiger partial charge >= 0.3 is 5.97 Å². The van der Waals surface area contributed by atoms with E-state index in [2.05, 4.69) is 26.0 Å². The molecule has 158 valence electrons. The number of carboxylic acids is 1. The maximum atomic E-state index is 14.9. The average molecular weight is 416 g/mol. The molecule has 1 N–H and O–H groups in total. The summed E-state index contributed by atoms with van der Waals surface area (Å²) in [7, 11) is 0. The van der Waals surface area contributed by atoms with E-state index >= 15 is 0 Å². The lowest BCUT2D eigenvalue weighted by Gasteiger charge is -2.18. The van der Waals surface area contributed by atoms with Crippen LogP contribution in [0, 0.1) is 25.6 Å². The largest absolute Gasteiger partial charge is 0.486 e. The van der Waals surface area contributed by atoms with Gasteiger partial charge < -0.3 is 9.84 Å². The third-order valence-corrected chi connectivity index (χ3v) is 6.73. The van der Waals surface area contributed by atoms with Crippen LogP contribution in [-0.2, 0) is 11.2 Å². The zero-order chi connectivity index (χ0) is 21.7. The Morgan fingerprint density at radius 3 is 2.39 bits per heavy atom. The maximum absolute atomic E-state index is 14.9. The monoisotopic (exact) mass is 416 g/mol. The van der Waals surface area contributed by atoms with E-state index in [1.165, 1.54) is 16.7 Å². The molecule has 0 saturated heterocycles. The molecular formula is C27H25FO3. The van der Waals surface area contributed by atoms with Crippen molar-refractivity contribution in [1.29, 1.82) is 0 Å². The van der Waals surface area contributed by atoms with Gasteiger partial charge in [-0.15, -0.1) is 0 Å². The number of carboxylic acid groups (broad SMARTS) is 1. The lowest BCUT2D eigenvalue weighted by molar-refractivity contribution is -0.138. The van der Waals surface area contributed by atoms with Gasteiger partial charge in [-0.05, 0) is 90.6 Å². The number of benzene rings is 3. The van der Waals surface area contributed by atoms with E-state index in [9.17, 15) is 9.18 Å². The molecule has 0 spiro atoms. The average Bonchev–Trinajstić information content (AvgIpc) is 3.44. The Labute approximate surface area is 181 Å². The summed E-state index contributed by atoms with van der Waals surface area (Å²) in [4.78, 5) is 11.1. The van der Waals surface area contributed by atoms with Gasteiger partial charge in [0.15, 0.2) is 0 Å². The summed E-state index contributed by atoms with van der Waals surface area (Å²) in [5.41, 5.74) is 7.39. The summed E-state index contributed by atoms with van der Waals surface area (Å²) in [6.45, 7) is 4.19. The van der Waals surface area contributed by atoms with Crippen LogP contribution in [0.1, 0.15) is 52.7 Å². The molecule has 4 heteroatoms. The molecule has 31 heavy (non-hydrogen) atoms. The molecular weight excluding hydrogens is 391 g/mol. The van der Waals surface area contributed by atoms with Gasteiger partial charge in [-0.25, -0.2) is 4.39 Å². The molecule has 2 aliphatic rings. The Balaban J connectivity index is 1.42. The van der Waals surface area contributed by atoms with Crippen molar-refractivity contribution in [3.05, 3.63) is 88.2 Å². The summed E-state index contributed by atoms with van der Waals surface area (Å²) in [5.74, 6) is -0.442. The Morgan fingerprint density at radius 2 is 1.74 bits per heavy atom. The van der Waals surface area contributed by atoms with Crippen LogP contribution < -0.4 is 4.74 Å². The van der Waals surface area contributed by atoms with Gasteiger partial charge in [0.05, 0.1) is 5.92 Å². The fourth-order valence-corrected chi connectivity index (χ4v) is 5.06. The second kappa shape index (κ2) is 7.52. The second-order valence-electron chi connectivity index (χ2n) is 8.76. The lowest BCUT2D eigenvalue weighted by atomic mass is 9.90. The minimum absolute atomic E-state index is 0.0936.